The fraction of sp³-hybridized carbons (Fsp3) is 0.235. The topological polar surface area (TPSA) is 26.3 Å². The van der Waals surface area contributed by atoms with Gasteiger partial charge in [0.05, 0.1) is 5.56 Å². The van der Waals surface area contributed by atoms with Crippen molar-refractivity contribution in [3.05, 3.63) is 64.2 Å². The average molecular weight is 323 g/mol. The second-order valence-corrected chi connectivity index (χ2v) is 5.59. The zero-order chi connectivity index (χ0) is 15.2. The van der Waals surface area contributed by atoms with Crippen molar-refractivity contribution in [2.45, 2.75) is 20.0 Å². The normalized spacial score (nSPS) is 10.4. The highest BCUT2D eigenvalue weighted by Crippen LogP contribution is 2.23. The SMILES string of the molecule is Cc1ccc(OCc2ccc(Cl)cc2)c(C(=O)CCCl)c1. The first kappa shape index (κ1) is 15.9. The van der Waals surface area contributed by atoms with Crippen molar-refractivity contribution in [3.8, 4) is 5.75 Å². The standard InChI is InChI=1S/C17H16Cl2O2/c1-12-2-7-17(15(10-12)16(20)8-9-18)21-11-13-3-5-14(19)6-4-13/h2-7,10H,8-9,11H2,1H3. The number of carbonyl (C=O) groups is 1. The molecule has 0 radical (unpaired) electrons. The van der Waals surface area contributed by atoms with Crippen LogP contribution in [0.3, 0.4) is 0 Å². The van der Waals surface area contributed by atoms with E-state index < -0.39 is 0 Å². The van der Waals surface area contributed by atoms with Crippen molar-refractivity contribution in [1.29, 1.82) is 0 Å². The number of rotatable bonds is 6. The molecular weight excluding hydrogens is 307 g/mol. The van der Waals surface area contributed by atoms with E-state index in [0.29, 0.717) is 35.2 Å². The zero-order valence-corrected chi connectivity index (χ0v) is 13.2. The molecule has 0 heterocycles. The van der Waals surface area contributed by atoms with Gasteiger partial charge in [-0.25, -0.2) is 0 Å². The molecule has 0 N–H and O–H groups in total. The molecule has 2 rings (SSSR count). The van der Waals surface area contributed by atoms with Gasteiger partial charge in [0, 0.05) is 17.3 Å². The Bertz CT molecular complexity index is 621. The van der Waals surface area contributed by atoms with Gasteiger partial charge in [0.15, 0.2) is 5.78 Å². The Balaban J connectivity index is 2.15. The molecule has 110 valence electrons. The van der Waals surface area contributed by atoms with Crippen molar-refractivity contribution in [2.75, 3.05) is 5.88 Å². The van der Waals surface area contributed by atoms with Crippen molar-refractivity contribution in [3.63, 3.8) is 0 Å². The molecule has 0 atom stereocenters. The number of halogens is 2. The maximum Gasteiger partial charge on any atom is 0.167 e. The van der Waals surface area contributed by atoms with Crippen LogP contribution in [-0.2, 0) is 6.61 Å². The number of carbonyl (C=O) groups excluding carboxylic acids is 1. The van der Waals surface area contributed by atoms with Gasteiger partial charge in [0.2, 0.25) is 0 Å². The number of alkyl halides is 1. The van der Waals surface area contributed by atoms with Gasteiger partial charge in [0.1, 0.15) is 12.4 Å². The maximum atomic E-state index is 12.1. The molecule has 0 amide bonds. The Morgan fingerprint density at radius 2 is 1.86 bits per heavy atom. The third kappa shape index (κ3) is 4.48. The van der Waals surface area contributed by atoms with Crippen LogP contribution in [0.5, 0.6) is 5.75 Å². The number of benzene rings is 2. The molecule has 21 heavy (non-hydrogen) atoms. The minimum atomic E-state index is -0.000180. The minimum absolute atomic E-state index is 0.000180. The number of aryl methyl sites for hydroxylation is 1. The second kappa shape index (κ2) is 7.48. The van der Waals surface area contributed by atoms with Gasteiger partial charge in [-0.05, 0) is 36.8 Å². The molecule has 2 nitrogen and oxygen atoms in total. The lowest BCUT2D eigenvalue weighted by Crippen LogP contribution is -2.05. The number of ether oxygens (including phenoxy) is 1. The molecule has 0 saturated heterocycles. The summed E-state index contributed by atoms with van der Waals surface area (Å²) in [7, 11) is 0. The monoisotopic (exact) mass is 322 g/mol. The Hall–Kier alpha value is -1.51. The Labute approximate surface area is 134 Å². The first-order valence-corrected chi connectivity index (χ1v) is 7.58. The van der Waals surface area contributed by atoms with Gasteiger partial charge >= 0.3 is 0 Å². The summed E-state index contributed by atoms with van der Waals surface area (Å²) in [4.78, 5) is 12.1. The zero-order valence-electron chi connectivity index (χ0n) is 11.7. The van der Waals surface area contributed by atoms with E-state index in [1.54, 1.807) is 0 Å². The Morgan fingerprint density at radius 3 is 2.52 bits per heavy atom. The quantitative estimate of drug-likeness (QED) is 0.550. The summed E-state index contributed by atoms with van der Waals surface area (Å²) in [5.74, 6) is 0.897. The average Bonchev–Trinajstić information content (AvgIpc) is 2.48. The number of hydrogen-bond donors (Lipinski definition) is 0. The van der Waals surface area contributed by atoms with Crippen LogP contribution in [0.25, 0.3) is 0 Å². The van der Waals surface area contributed by atoms with E-state index >= 15 is 0 Å². The molecular formula is C17H16Cl2O2. The van der Waals surface area contributed by atoms with Crippen LogP contribution in [0.15, 0.2) is 42.5 Å². The van der Waals surface area contributed by atoms with Gasteiger partial charge in [-0.1, -0.05) is 35.4 Å². The largest absolute Gasteiger partial charge is 0.488 e. The van der Waals surface area contributed by atoms with Crippen molar-refractivity contribution in [2.24, 2.45) is 0 Å². The summed E-state index contributed by atoms with van der Waals surface area (Å²) >= 11 is 11.5. The second-order valence-electron chi connectivity index (χ2n) is 4.78. The highest BCUT2D eigenvalue weighted by molar-refractivity contribution is 6.30. The van der Waals surface area contributed by atoms with Crippen LogP contribution in [0.2, 0.25) is 5.02 Å². The van der Waals surface area contributed by atoms with Gasteiger partial charge in [-0.15, -0.1) is 11.6 Å². The highest BCUT2D eigenvalue weighted by Gasteiger charge is 2.12. The van der Waals surface area contributed by atoms with Crippen LogP contribution in [0.1, 0.15) is 27.9 Å². The number of hydrogen-bond acceptors (Lipinski definition) is 2. The first-order chi connectivity index (χ1) is 10.1. The third-order valence-electron chi connectivity index (χ3n) is 3.06. The molecule has 2 aromatic carbocycles. The molecule has 0 saturated carbocycles. The minimum Gasteiger partial charge on any atom is -0.488 e. The number of ketones is 1. The van der Waals surface area contributed by atoms with E-state index in [2.05, 4.69) is 0 Å². The lowest BCUT2D eigenvalue weighted by molar-refractivity contribution is 0.0984. The Morgan fingerprint density at radius 1 is 1.14 bits per heavy atom. The predicted molar refractivity (Wildman–Crippen MR) is 86.6 cm³/mol. The summed E-state index contributed by atoms with van der Waals surface area (Å²) < 4.78 is 5.78. The summed E-state index contributed by atoms with van der Waals surface area (Å²) in [5.41, 5.74) is 2.60. The summed E-state index contributed by atoms with van der Waals surface area (Å²) in [5, 5.41) is 0.687. The first-order valence-electron chi connectivity index (χ1n) is 6.67. The molecule has 4 heteroatoms. The highest BCUT2D eigenvalue weighted by atomic mass is 35.5. The smallest absolute Gasteiger partial charge is 0.167 e. The summed E-state index contributed by atoms with van der Waals surface area (Å²) in [6, 6.07) is 13.0. The predicted octanol–water partition coefficient (Wildman–Crippen LogP) is 5.04. The molecule has 0 aromatic heterocycles. The molecule has 0 aliphatic carbocycles. The molecule has 0 aliphatic heterocycles. The van der Waals surface area contributed by atoms with Gasteiger partial charge in [-0.3, -0.25) is 4.79 Å². The van der Waals surface area contributed by atoms with Gasteiger partial charge in [0.25, 0.3) is 0 Å². The Kier molecular flexibility index (Phi) is 5.66. The van der Waals surface area contributed by atoms with Gasteiger partial charge < -0.3 is 4.74 Å². The summed E-state index contributed by atoms with van der Waals surface area (Å²) in [6.07, 6.45) is 0.308. The van der Waals surface area contributed by atoms with Crippen molar-refractivity contribution in [1.82, 2.24) is 0 Å². The van der Waals surface area contributed by atoms with E-state index in [1.807, 2.05) is 49.4 Å². The van der Waals surface area contributed by atoms with E-state index in [-0.39, 0.29) is 5.78 Å². The molecule has 0 unspecified atom stereocenters. The van der Waals surface area contributed by atoms with Crippen LogP contribution in [0.4, 0.5) is 0 Å². The molecule has 0 bridgehead atoms. The van der Waals surface area contributed by atoms with E-state index in [9.17, 15) is 4.79 Å². The molecule has 0 aliphatic rings. The lowest BCUT2D eigenvalue weighted by Gasteiger charge is -2.11. The van der Waals surface area contributed by atoms with Crippen LogP contribution in [-0.4, -0.2) is 11.7 Å². The van der Waals surface area contributed by atoms with E-state index in [4.69, 9.17) is 27.9 Å². The fourth-order valence-corrected chi connectivity index (χ4v) is 2.25. The molecule has 0 spiro atoms. The van der Waals surface area contributed by atoms with Crippen LogP contribution >= 0.6 is 23.2 Å². The summed E-state index contributed by atoms with van der Waals surface area (Å²) in [6.45, 7) is 2.34. The van der Waals surface area contributed by atoms with Crippen LogP contribution in [0, 0.1) is 6.92 Å². The van der Waals surface area contributed by atoms with Gasteiger partial charge in [-0.2, -0.15) is 0 Å². The van der Waals surface area contributed by atoms with Crippen molar-refractivity contribution < 1.29 is 9.53 Å². The maximum absolute atomic E-state index is 12.1. The third-order valence-corrected chi connectivity index (χ3v) is 3.51. The number of Topliss-reactive ketones (excluding diaryl/α,β-unsaturated/α-hetero) is 1. The van der Waals surface area contributed by atoms with Crippen molar-refractivity contribution >= 4 is 29.0 Å². The van der Waals surface area contributed by atoms with Crippen LogP contribution < -0.4 is 4.74 Å². The fourth-order valence-electron chi connectivity index (χ4n) is 1.95. The molecule has 2 aromatic rings. The van der Waals surface area contributed by atoms with E-state index in [0.717, 1.165) is 11.1 Å². The van der Waals surface area contributed by atoms with E-state index in [1.165, 1.54) is 0 Å². The molecule has 0 fully saturated rings. The lowest BCUT2D eigenvalue weighted by atomic mass is 10.0.